The van der Waals surface area contributed by atoms with Gasteiger partial charge in [0.05, 0.1) is 11.1 Å². The molecule has 162 valence electrons. The Hall–Kier alpha value is -3.50. The topological polar surface area (TPSA) is 94.1 Å². The molecule has 0 bridgehead atoms. The zero-order chi connectivity index (χ0) is 22.5. The highest BCUT2D eigenvalue weighted by Crippen LogP contribution is 2.46. The Balaban J connectivity index is 1.71. The maximum atomic E-state index is 9.72. The lowest BCUT2D eigenvalue weighted by Gasteiger charge is -2.29. The lowest BCUT2D eigenvalue weighted by molar-refractivity contribution is 0.271. The number of nitrogens with two attached hydrogens (primary N) is 1. The largest absolute Gasteiger partial charge is 0.472 e. The first-order valence-electron chi connectivity index (χ1n) is 10.4. The van der Waals surface area contributed by atoms with Crippen LogP contribution < -0.4 is 15.2 Å². The van der Waals surface area contributed by atoms with Crippen LogP contribution >= 0.6 is 11.8 Å². The van der Waals surface area contributed by atoms with Crippen LogP contribution in [0.15, 0.2) is 77.3 Å². The first-order valence-corrected chi connectivity index (χ1v) is 11.4. The number of ether oxygens (including phenoxy) is 2. The minimum atomic E-state index is -0.303. The van der Waals surface area contributed by atoms with Crippen LogP contribution in [0.5, 0.6) is 11.8 Å². The summed E-state index contributed by atoms with van der Waals surface area (Å²) in [5.41, 5.74) is 9.33. The number of allylic oxidation sites excluding steroid dienone is 1. The van der Waals surface area contributed by atoms with Gasteiger partial charge in [0.1, 0.15) is 12.7 Å². The van der Waals surface area contributed by atoms with Crippen molar-refractivity contribution in [2.75, 3.05) is 0 Å². The Labute approximate surface area is 192 Å². The van der Waals surface area contributed by atoms with Gasteiger partial charge in [0.2, 0.25) is 17.6 Å². The van der Waals surface area contributed by atoms with Crippen molar-refractivity contribution < 1.29 is 9.47 Å². The van der Waals surface area contributed by atoms with Crippen molar-refractivity contribution >= 4 is 11.8 Å². The summed E-state index contributed by atoms with van der Waals surface area (Å²) in [5.74, 6) is 1.35. The van der Waals surface area contributed by atoms with Crippen molar-refractivity contribution in [2.24, 2.45) is 11.7 Å². The molecule has 4 rings (SSSR count). The van der Waals surface area contributed by atoms with Gasteiger partial charge in [-0.3, -0.25) is 0 Å². The van der Waals surface area contributed by atoms with Crippen LogP contribution in [0.2, 0.25) is 0 Å². The molecule has 0 amide bonds. The zero-order valence-corrected chi connectivity index (χ0v) is 18.8. The first-order chi connectivity index (χ1) is 15.6. The van der Waals surface area contributed by atoms with Gasteiger partial charge < -0.3 is 15.2 Å². The lowest BCUT2D eigenvalue weighted by atomic mass is 9.82. The van der Waals surface area contributed by atoms with Crippen molar-refractivity contribution in [1.29, 1.82) is 5.26 Å². The molecule has 3 aromatic rings. The number of aromatic nitrogens is 2. The Kier molecular flexibility index (Phi) is 6.62. The molecule has 1 aromatic heterocycles. The van der Waals surface area contributed by atoms with Gasteiger partial charge in [0.25, 0.3) is 0 Å². The number of nitriles is 1. The molecule has 2 aromatic carbocycles. The highest BCUT2D eigenvalue weighted by molar-refractivity contribution is 7.98. The fourth-order valence-electron chi connectivity index (χ4n) is 3.63. The molecule has 0 saturated carbocycles. The molecule has 0 fully saturated rings. The zero-order valence-electron chi connectivity index (χ0n) is 18.0. The summed E-state index contributed by atoms with van der Waals surface area (Å²) in [6, 6.07) is 22.2. The van der Waals surface area contributed by atoms with Crippen LogP contribution in [-0.2, 0) is 12.4 Å². The smallest absolute Gasteiger partial charge is 0.233 e. The van der Waals surface area contributed by atoms with E-state index in [0.717, 1.165) is 11.1 Å². The summed E-state index contributed by atoms with van der Waals surface area (Å²) in [7, 11) is 0. The van der Waals surface area contributed by atoms with Crippen LogP contribution in [0.3, 0.4) is 0 Å². The number of thioether (sulfide) groups is 1. The predicted molar refractivity (Wildman–Crippen MR) is 124 cm³/mol. The average Bonchev–Trinajstić information content (AvgIpc) is 2.81. The second-order valence-corrected chi connectivity index (χ2v) is 8.73. The van der Waals surface area contributed by atoms with Crippen molar-refractivity contribution in [1.82, 2.24) is 9.97 Å². The van der Waals surface area contributed by atoms with Crippen molar-refractivity contribution in [3.8, 4) is 17.8 Å². The van der Waals surface area contributed by atoms with Gasteiger partial charge in [-0.1, -0.05) is 86.3 Å². The van der Waals surface area contributed by atoms with E-state index in [0.29, 0.717) is 40.4 Å². The minimum absolute atomic E-state index is 0.0800. The summed E-state index contributed by atoms with van der Waals surface area (Å²) in [4.78, 5) is 9.34. The summed E-state index contributed by atoms with van der Waals surface area (Å²) in [6.45, 7) is 4.41. The van der Waals surface area contributed by atoms with Crippen molar-refractivity contribution in [3.05, 3.63) is 88.8 Å². The normalized spacial score (nSPS) is 15.1. The van der Waals surface area contributed by atoms with E-state index in [9.17, 15) is 5.26 Å². The summed E-state index contributed by atoms with van der Waals surface area (Å²) in [6.07, 6.45) is 0. The molecule has 0 spiro atoms. The van der Waals surface area contributed by atoms with Gasteiger partial charge in [0, 0.05) is 11.7 Å². The fraction of sp³-hybridized carbons (Fsp3) is 0.240. The number of fused-ring (bicyclic) bond motifs is 1. The van der Waals surface area contributed by atoms with Crippen molar-refractivity contribution in [3.63, 3.8) is 0 Å². The van der Waals surface area contributed by atoms with Gasteiger partial charge in [-0.25, -0.2) is 0 Å². The average molecular weight is 445 g/mol. The van der Waals surface area contributed by atoms with Crippen molar-refractivity contribution in [2.45, 2.75) is 37.3 Å². The molecule has 0 aliphatic carbocycles. The van der Waals surface area contributed by atoms with E-state index in [4.69, 9.17) is 20.2 Å². The van der Waals surface area contributed by atoms with Crippen LogP contribution in [0.4, 0.5) is 0 Å². The monoisotopic (exact) mass is 444 g/mol. The number of benzene rings is 2. The Morgan fingerprint density at radius 3 is 2.34 bits per heavy atom. The van der Waals surface area contributed by atoms with E-state index < -0.39 is 0 Å². The van der Waals surface area contributed by atoms with Gasteiger partial charge in [-0.15, -0.1) is 0 Å². The predicted octanol–water partition coefficient (Wildman–Crippen LogP) is 5.17. The standard InChI is InChI=1S/C25H24N4O2S/c1-16(2)20-19(13-26)22(27)31-24-21(20)23(30-14-17-9-5-3-6-10-17)28-25(29-24)32-15-18-11-7-4-8-12-18/h3-12,16,20H,14-15,27H2,1-2H3/t20-/m1/s1. The molecule has 32 heavy (non-hydrogen) atoms. The first kappa shape index (κ1) is 21.7. The van der Waals surface area contributed by atoms with Gasteiger partial charge in [0.15, 0.2) is 5.16 Å². The van der Waals surface area contributed by atoms with Crippen LogP contribution in [0.25, 0.3) is 0 Å². The Morgan fingerprint density at radius 2 is 1.72 bits per heavy atom. The summed E-state index contributed by atoms with van der Waals surface area (Å²) in [5, 5.41) is 10.3. The SMILES string of the molecule is CC(C)[C@@H]1C(C#N)=C(N)Oc2nc(SCc3ccccc3)nc(OCc3ccccc3)c21. The Bertz CT molecular complexity index is 1160. The second kappa shape index (κ2) is 9.75. The van der Waals surface area contributed by atoms with Gasteiger partial charge in [-0.2, -0.15) is 15.2 Å². The van der Waals surface area contributed by atoms with E-state index >= 15 is 0 Å². The van der Waals surface area contributed by atoms with E-state index in [1.165, 1.54) is 11.8 Å². The number of nitrogens with zero attached hydrogens (tertiary/aromatic N) is 3. The quantitative estimate of drug-likeness (QED) is 0.397. The third-order valence-corrected chi connectivity index (χ3v) is 6.08. The van der Waals surface area contributed by atoms with E-state index in [2.05, 4.69) is 23.2 Å². The van der Waals surface area contributed by atoms with Crippen LogP contribution in [-0.4, -0.2) is 9.97 Å². The lowest BCUT2D eigenvalue weighted by Crippen LogP contribution is -2.25. The third kappa shape index (κ3) is 4.71. The van der Waals surface area contributed by atoms with Gasteiger partial charge >= 0.3 is 0 Å². The molecule has 6 nitrogen and oxygen atoms in total. The molecule has 0 unspecified atom stereocenters. The van der Waals surface area contributed by atoms with Gasteiger partial charge in [-0.05, 0) is 17.0 Å². The molecule has 7 heteroatoms. The Morgan fingerprint density at radius 1 is 1.06 bits per heavy atom. The van der Waals surface area contributed by atoms with Crippen LogP contribution in [0, 0.1) is 17.2 Å². The molecule has 1 atom stereocenters. The summed E-state index contributed by atoms with van der Waals surface area (Å²) < 4.78 is 12.0. The van der Waals surface area contributed by atoms with E-state index in [-0.39, 0.29) is 17.7 Å². The highest BCUT2D eigenvalue weighted by atomic mass is 32.2. The minimum Gasteiger partial charge on any atom is -0.472 e. The molecular weight excluding hydrogens is 420 g/mol. The van der Waals surface area contributed by atoms with E-state index in [1.807, 2.05) is 62.4 Å². The fourth-order valence-corrected chi connectivity index (χ4v) is 4.41. The maximum absolute atomic E-state index is 9.72. The third-order valence-electron chi connectivity index (χ3n) is 5.17. The number of hydrogen-bond donors (Lipinski definition) is 1. The second-order valence-electron chi connectivity index (χ2n) is 7.79. The maximum Gasteiger partial charge on any atom is 0.233 e. The molecule has 2 N–H and O–H groups in total. The number of hydrogen-bond acceptors (Lipinski definition) is 7. The van der Waals surface area contributed by atoms with Crippen LogP contribution in [0.1, 0.15) is 36.5 Å². The molecule has 1 aliphatic heterocycles. The number of rotatable bonds is 7. The molecular formula is C25H24N4O2S. The molecule has 1 aliphatic rings. The molecule has 0 saturated heterocycles. The highest BCUT2D eigenvalue weighted by Gasteiger charge is 2.36. The molecule has 2 heterocycles. The van der Waals surface area contributed by atoms with E-state index in [1.54, 1.807) is 0 Å². The summed E-state index contributed by atoms with van der Waals surface area (Å²) >= 11 is 1.50. The molecule has 0 radical (unpaired) electrons.